The van der Waals surface area contributed by atoms with Gasteiger partial charge in [0.15, 0.2) is 0 Å². The Balaban J connectivity index is 1.93. The summed E-state index contributed by atoms with van der Waals surface area (Å²) in [5.41, 5.74) is 2.13. The molecule has 2 heterocycles. The molecular weight excluding hydrogens is 254 g/mol. The molecule has 2 aromatic heterocycles. The van der Waals surface area contributed by atoms with Crippen molar-refractivity contribution in [2.75, 3.05) is 6.54 Å². The first-order valence-corrected chi connectivity index (χ1v) is 6.92. The standard InChI is InChI=1S/C15H21N3O2/c1-11(2)7-12(15(19)20)8-16-9-13-10-17-18-6-4-3-5-14(13)18/h3-6,10-12,16H,7-9H2,1-2H3,(H,19,20). The fourth-order valence-electron chi connectivity index (χ4n) is 2.35. The Morgan fingerprint density at radius 3 is 2.95 bits per heavy atom. The third kappa shape index (κ3) is 3.57. The highest BCUT2D eigenvalue weighted by Crippen LogP contribution is 2.13. The minimum atomic E-state index is -0.730. The van der Waals surface area contributed by atoms with Crippen molar-refractivity contribution in [1.29, 1.82) is 0 Å². The molecule has 5 nitrogen and oxygen atoms in total. The lowest BCUT2D eigenvalue weighted by Crippen LogP contribution is -2.29. The molecule has 0 radical (unpaired) electrons. The number of rotatable bonds is 7. The van der Waals surface area contributed by atoms with Crippen LogP contribution in [0.1, 0.15) is 25.8 Å². The molecule has 2 rings (SSSR count). The molecule has 0 aliphatic heterocycles. The Morgan fingerprint density at radius 2 is 2.25 bits per heavy atom. The summed E-state index contributed by atoms with van der Waals surface area (Å²) in [5, 5.41) is 16.7. The average Bonchev–Trinajstić information content (AvgIpc) is 2.80. The van der Waals surface area contributed by atoms with Gasteiger partial charge in [-0.1, -0.05) is 19.9 Å². The zero-order valence-electron chi connectivity index (χ0n) is 11.9. The molecule has 5 heteroatoms. The highest BCUT2D eigenvalue weighted by Gasteiger charge is 2.18. The van der Waals surface area contributed by atoms with Gasteiger partial charge >= 0.3 is 5.97 Å². The van der Waals surface area contributed by atoms with Crippen LogP contribution in [0.2, 0.25) is 0 Å². The number of nitrogens with one attached hydrogen (secondary N) is 1. The monoisotopic (exact) mass is 275 g/mol. The number of carboxylic acid groups (broad SMARTS) is 1. The van der Waals surface area contributed by atoms with Crippen molar-refractivity contribution in [2.24, 2.45) is 11.8 Å². The number of pyridine rings is 1. The van der Waals surface area contributed by atoms with E-state index in [1.165, 1.54) is 0 Å². The zero-order chi connectivity index (χ0) is 14.5. The third-order valence-electron chi connectivity index (χ3n) is 3.32. The molecule has 1 unspecified atom stereocenters. The van der Waals surface area contributed by atoms with Gasteiger partial charge in [0.2, 0.25) is 0 Å². The van der Waals surface area contributed by atoms with E-state index in [-0.39, 0.29) is 5.92 Å². The summed E-state index contributed by atoms with van der Waals surface area (Å²) < 4.78 is 1.82. The van der Waals surface area contributed by atoms with Crippen LogP contribution in [0.25, 0.3) is 5.52 Å². The van der Waals surface area contributed by atoms with Crippen molar-refractivity contribution in [1.82, 2.24) is 14.9 Å². The van der Waals surface area contributed by atoms with Gasteiger partial charge in [0, 0.05) is 24.8 Å². The van der Waals surface area contributed by atoms with E-state index in [4.69, 9.17) is 0 Å². The summed E-state index contributed by atoms with van der Waals surface area (Å²) in [6.45, 7) is 5.20. The molecular formula is C15H21N3O2. The lowest BCUT2D eigenvalue weighted by Gasteiger charge is -2.15. The van der Waals surface area contributed by atoms with E-state index in [1.807, 2.05) is 49.0 Å². The number of fused-ring (bicyclic) bond motifs is 1. The zero-order valence-corrected chi connectivity index (χ0v) is 11.9. The minimum Gasteiger partial charge on any atom is -0.481 e. The highest BCUT2D eigenvalue weighted by molar-refractivity contribution is 5.70. The number of aromatic nitrogens is 2. The minimum absolute atomic E-state index is 0.336. The smallest absolute Gasteiger partial charge is 0.307 e. The van der Waals surface area contributed by atoms with Crippen LogP contribution < -0.4 is 5.32 Å². The summed E-state index contributed by atoms with van der Waals surface area (Å²) >= 11 is 0. The number of hydrogen-bond donors (Lipinski definition) is 2. The normalized spacial score (nSPS) is 12.9. The summed E-state index contributed by atoms with van der Waals surface area (Å²) in [5.74, 6) is -0.683. The van der Waals surface area contributed by atoms with Crippen molar-refractivity contribution in [3.05, 3.63) is 36.2 Å². The maximum Gasteiger partial charge on any atom is 0.307 e. The van der Waals surface area contributed by atoms with Gasteiger partial charge in [0.05, 0.1) is 17.6 Å². The van der Waals surface area contributed by atoms with E-state index in [1.54, 1.807) is 0 Å². The quantitative estimate of drug-likeness (QED) is 0.812. The molecule has 0 amide bonds. The molecule has 0 spiro atoms. The fraction of sp³-hybridized carbons (Fsp3) is 0.467. The van der Waals surface area contributed by atoms with E-state index < -0.39 is 5.97 Å². The largest absolute Gasteiger partial charge is 0.481 e. The van der Waals surface area contributed by atoms with Crippen LogP contribution in [-0.2, 0) is 11.3 Å². The molecule has 0 aliphatic carbocycles. The van der Waals surface area contributed by atoms with Crippen molar-refractivity contribution >= 4 is 11.5 Å². The van der Waals surface area contributed by atoms with Crippen molar-refractivity contribution in [3.63, 3.8) is 0 Å². The second-order valence-electron chi connectivity index (χ2n) is 5.50. The van der Waals surface area contributed by atoms with Gasteiger partial charge in [-0.3, -0.25) is 4.79 Å². The Hall–Kier alpha value is -1.88. The molecule has 0 fully saturated rings. The summed E-state index contributed by atoms with van der Waals surface area (Å²) in [6, 6.07) is 5.91. The number of aliphatic carboxylic acids is 1. The Morgan fingerprint density at radius 1 is 1.45 bits per heavy atom. The van der Waals surface area contributed by atoms with Crippen LogP contribution >= 0.6 is 0 Å². The van der Waals surface area contributed by atoms with Crippen molar-refractivity contribution < 1.29 is 9.90 Å². The number of carboxylic acids is 1. The van der Waals surface area contributed by atoms with Gasteiger partial charge in [-0.25, -0.2) is 4.52 Å². The second kappa shape index (κ2) is 6.52. The predicted molar refractivity (Wildman–Crippen MR) is 77.5 cm³/mol. The molecule has 2 aromatic rings. The van der Waals surface area contributed by atoms with Crippen LogP contribution in [0.3, 0.4) is 0 Å². The van der Waals surface area contributed by atoms with E-state index in [0.717, 1.165) is 11.1 Å². The lowest BCUT2D eigenvalue weighted by molar-refractivity contribution is -0.142. The van der Waals surface area contributed by atoms with Crippen LogP contribution in [0.15, 0.2) is 30.6 Å². The van der Waals surface area contributed by atoms with E-state index in [2.05, 4.69) is 10.4 Å². The van der Waals surface area contributed by atoms with E-state index >= 15 is 0 Å². The molecule has 0 saturated heterocycles. The summed E-state index contributed by atoms with van der Waals surface area (Å²) in [6.07, 6.45) is 4.41. The number of carbonyl (C=O) groups is 1. The predicted octanol–water partition coefficient (Wildman–Crippen LogP) is 2.17. The fourth-order valence-corrected chi connectivity index (χ4v) is 2.35. The van der Waals surface area contributed by atoms with Crippen LogP contribution in [0.4, 0.5) is 0 Å². The van der Waals surface area contributed by atoms with Gasteiger partial charge in [-0.2, -0.15) is 5.10 Å². The molecule has 20 heavy (non-hydrogen) atoms. The Labute approximate surface area is 118 Å². The molecule has 2 N–H and O–H groups in total. The van der Waals surface area contributed by atoms with Gasteiger partial charge < -0.3 is 10.4 Å². The highest BCUT2D eigenvalue weighted by atomic mass is 16.4. The molecule has 1 atom stereocenters. The Bertz CT molecular complexity index is 577. The second-order valence-corrected chi connectivity index (χ2v) is 5.50. The third-order valence-corrected chi connectivity index (χ3v) is 3.32. The molecule has 0 aromatic carbocycles. The van der Waals surface area contributed by atoms with Crippen molar-refractivity contribution in [2.45, 2.75) is 26.8 Å². The maximum atomic E-state index is 11.2. The molecule has 0 bridgehead atoms. The summed E-state index contributed by atoms with van der Waals surface area (Å²) in [4.78, 5) is 11.2. The number of hydrogen-bond acceptors (Lipinski definition) is 3. The van der Waals surface area contributed by atoms with Crippen LogP contribution in [-0.4, -0.2) is 27.2 Å². The average molecular weight is 275 g/mol. The Kier molecular flexibility index (Phi) is 4.74. The van der Waals surface area contributed by atoms with Gasteiger partial charge in [-0.05, 0) is 24.5 Å². The molecule has 0 saturated carbocycles. The van der Waals surface area contributed by atoms with Crippen LogP contribution in [0, 0.1) is 11.8 Å². The van der Waals surface area contributed by atoms with Gasteiger partial charge in [0.1, 0.15) is 0 Å². The molecule has 108 valence electrons. The van der Waals surface area contributed by atoms with Gasteiger partial charge in [-0.15, -0.1) is 0 Å². The lowest BCUT2D eigenvalue weighted by atomic mass is 9.97. The first-order chi connectivity index (χ1) is 9.58. The summed E-state index contributed by atoms with van der Waals surface area (Å²) in [7, 11) is 0. The van der Waals surface area contributed by atoms with Crippen LogP contribution in [0.5, 0.6) is 0 Å². The van der Waals surface area contributed by atoms with Crippen molar-refractivity contribution in [3.8, 4) is 0 Å². The topological polar surface area (TPSA) is 66.6 Å². The molecule has 0 aliphatic rings. The maximum absolute atomic E-state index is 11.2. The van der Waals surface area contributed by atoms with E-state index in [9.17, 15) is 9.90 Å². The number of nitrogens with zero attached hydrogens (tertiary/aromatic N) is 2. The first kappa shape index (κ1) is 14.5. The first-order valence-electron chi connectivity index (χ1n) is 6.92. The SMILES string of the molecule is CC(C)CC(CNCc1cnn2ccccc12)C(=O)O. The van der Waals surface area contributed by atoms with E-state index in [0.29, 0.717) is 25.4 Å². The van der Waals surface area contributed by atoms with Gasteiger partial charge in [0.25, 0.3) is 0 Å².